The first-order valence-electron chi connectivity index (χ1n) is 4.06. The Labute approximate surface area is 88.3 Å². The number of hydrogen-bond donors (Lipinski definition) is 0. The summed E-state index contributed by atoms with van der Waals surface area (Å²) in [5.41, 5.74) is -2.22. The van der Waals surface area contributed by atoms with Gasteiger partial charge in [-0.1, -0.05) is 0 Å². The van der Waals surface area contributed by atoms with Crippen LogP contribution < -0.4 is 0 Å². The van der Waals surface area contributed by atoms with Crippen molar-refractivity contribution in [2.24, 2.45) is 0 Å². The second-order valence-electron chi connectivity index (χ2n) is 2.93. The minimum Gasteiger partial charge on any atom is -0.207 e. The monoisotopic (exact) mass is 228 g/mol. The molecule has 1 aromatic carbocycles. The van der Waals surface area contributed by atoms with E-state index in [9.17, 15) is 17.6 Å². The summed E-state index contributed by atoms with van der Waals surface area (Å²) in [4.78, 5) is 0. The SMILES string of the molecule is N#CCc1cc(C#N)c(C(F)(F)F)cc1F. The van der Waals surface area contributed by atoms with Gasteiger partial charge >= 0.3 is 6.18 Å². The topological polar surface area (TPSA) is 47.6 Å². The summed E-state index contributed by atoms with van der Waals surface area (Å²) >= 11 is 0. The standard InChI is InChI=1S/C10H4F4N2/c11-9-4-8(10(12,13)14)7(5-16)3-6(9)1-2-15/h3-4H,1H2. The predicted octanol–water partition coefficient (Wildman–Crippen LogP) is 2.78. The third-order valence-electron chi connectivity index (χ3n) is 1.88. The largest absolute Gasteiger partial charge is 0.417 e. The highest BCUT2D eigenvalue weighted by Crippen LogP contribution is 2.33. The van der Waals surface area contributed by atoms with E-state index in [1.54, 1.807) is 6.07 Å². The zero-order chi connectivity index (χ0) is 12.3. The lowest BCUT2D eigenvalue weighted by Gasteiger charge is -2.10. The molecule has 0 atom stereocenters. The predicted molar refractivity (Wildman–Crippen MR) is 45.4 cm³/mol. The molecule has 0 heterocycles. The molecule has 0 saturated carbocycles. The van der Waals surface area contributed by atoms with Crippen LogP contribution >= 0.6 is 0 Å². The van der Waals surface area contributed by atoms with Gasteiger partial charge in [0, 0.05) is 5.56 Å². The van der Waals surface area contributed by atoms with Crippen molar-refractivity contribution in [3.05, 3.63) is 34.6 Å². The fourth-order valence-electron chi connectivity index (χ4n) is 1.17. The van der Waals surface area contributed by atoms with Gasteiger partial charge in [0.05, 0.1) is 29.7 Å². The van der Waals surface area contributed by atoms with Crippen molar-refractivity contribution in [1.82, 2.24) is 0 Å². The van der Waals surface area contributed by atoms with E-state index in [2.05, 4.69) is 0 Å². The fraction of sp³-hybridized carbons (Fsp3) is 0.200. The average molecular weight is 228 g/mol. The minimum absolute atomic E-state index is 0.216. The van der Waals surface area contributed by atoms with Crippen molar-refractivity contribution in [1.29, 1.82) is 10.5 Å². The summed E-state index contributed by atoms with van der Waals surface area (Å²) in [6.45, 7) is 0. The number of benzene rings is 1. The molecule has 0 N–H and O–H groups in total. The maximum absolute atomic E-state index is 13.1. The summed E-state index contributed by atoms with van der Waals surface area (Å²) in [7, 11) is 0. The fourth-order valence-corrected chi connectivity index (χ4v) is 1.17. The molecule has 0 aliphatic heterocycles. The third kappa shape index (κ3) is 2.29. The average Bonchev–Trinajstić information content (AvgIpc) is 2.19. The molecule has 0 fully saturated rings. The van der Waals surface area contributed by atoms with Gasteiger partial charge in [-0.3, -0.25) is 0 Å². The van der Waals surface area contributed by atoms with Gasteiger partial charge in [0.1, 0.15) is 5.82 Å². The molecule has 0 aliphatic carbocycles. The van der Waals surface area contributed by atoms with E-state index in [0.717, 1.165) is 6.07 Å². The zero-order valence-corrected chi connectivity index (χ0v) is 7.77. The Morgan fingerprint density at radius 1 is 1.19 bits per heavy atom. The second kappa shape index (κ2) is 4.19. The van der Waals surface area contributed by atoms with E-state index < -0.39 is 23.1 Å². The Morgan fingerprint density at radius 3 is 2.25 bits per heavy atom. The number of halogens is 4. The summed E-state index contributed by atoms with van der Waals surface area (Å²) in [6, 6.07) is 3.93. The minimum atomic E-state index is -4.78. The van der Waals surface area contributed by atoms with Crippen molar-refractivity contribution in [3.8, 4) is 12.1 Å². The van der Waals surface area contributed by atoms with Crippen LogP contribution in [0.15, 0.2) is 12.1 Å². The maximum Gasteiger partial charge on any atom is 0.417 e. The van der Waals surface area contributed by atoms with Crippen molar-refractivity contribution < 1.29 is 17.6 Å². The lowest BCUT2D eigenvalue weighted by Crippen LogP contribution is -2.09. The van der Waals surface area contributed by atoms with Gasteiger partial charge in [0.25, 0.3) is 0 Å². The third-order valence-corrected chi connectivity index (χ3v) is 1.88. The summed E-state index contributed by atoms with van der Waals surface area (Å²) < 4.78 is 50.2. The molecule has 6 heteroatoms. The highest BCUT2D eigenvalue weighted by atomic mass is 19.4. The lowest BCUT2D eigenvalue weighted by atomic mass is 10.0. The zero-order valence-electron chi connectivity index (χ0n) is 7.77. The Kier molecular flexibility index (Phi) is 3.14. The molecular weight excluding hydrogens is 224 g/mol. The van der Waals surface area contributed by atoms with E-state index in [1.165, 1.54) is 6.07 Å². The van der Waals surface area contributed by atoms with Crippen LogP contribution in [0.2, 0.25) is 0 Å². The quantitative estimate of drug-likeness (QED) is 0.694. The lowest BCUT2D eigenvalue weighted by molar-refractivity contribution is -0.138. The van der Waals surface area contributed by atoms with Crippen LogP contribution in [-0.2, 0) is 12.6 Å². The Balaban J connectivity index is 3.41. The molecular formula is C10H4F4N2. The molecule has 82 valence electrons. The van der Waals surface area contributed by atoms with Gasteiger partial charge in [0.2, 0.25) is 0 Å². The van der Waals surface area contributed by atoms with E-state index >= 15 is 0 Å². The Morgan fingerprint density at radius 2 is 1.81 bits per heavy atom. The van der Waals surface area contributed by atoms with Gasteiger partial charge in [-0.05, 0) is 12.1 Å². The van der Waals surface area contributed by atoms with Gasteiger partial charge in [-0.25, -0.2) is 4.39 Å². The van der Waals surface area contributed by atoms with E-state index in [0.29, 0.717) is 0 Å². The van der Waals surface area contributed by atoms with Crippen LogP contribution in [-0.4, -0.2) is 0 Å². The summed E-state index contributed by atoms with van der Waals surface area (Å²) in [5, 5.41) is 16.8. The molecule has 0 unspecified atom stereocenters. The van der Waals surface area contributed by atoms with Crippen LogP contribution in [0.4, 0.5) is 17.6 Å². The van der Waals surface area contributed by atoms with E-state index in [1.807, 2.05) is 0 Å². The maximum atomic E-state index is 13.1. The molecule has 1 rings (SSSR count). The van der Waals surface area contributed by atoms with E-state index in [-0.39, 0.29) is 18.1 Å². The van der Waals surface area contributed by atoms with Crippen LogP contribution in [0.1, 0.15) is 16.7 Å². The highest BCUT2D eigenvalue weighted by molar-refractivity contribution is 5.43. The molecule has 1 aromatic rings. The molecule has 2 nitrogen and oxygen atoms in total. The van der Waals surface area contributed by atoms with Crippen LogP contribution in [0.3, 0.4) is 0 Å². The van der Waals surface area contributed by atoms with E-state index in [4.69, 9.17) is 10.5 Å². The van der Waals surface area contributed by atoms with Gasteiger partial charge in [-0.2, -0.15) is 23.7 Å². The van der Waals surface area contributed by atoms with Crippen molar-refractivity contribution in [2.75, 3.05) is 0 Å². The molecule has 0 aromatic heterocycles. The molecule has 16 heavy (non-hydrogen) atoms. The highest BCUT2D eigenvalue weighted by Gasteiger charge is 2.34. The molecule has 0 amide bonds. The van der Waals surface area contributed by atoms with Gasteiger partial charge < -0.3 is 0 Å². The van der Waals surface area contributed by atoms with Crippen LogP contribution in [0.5, 0.6) is 0 Å². The first kappa shape index (κ1) is 12.0. The second-order valence-corrected chi connectivity index (χ2v) is 2.93. The number of hydrogen-bond acceptors (Lipinski definition) is 2. The van der Waals surface area contributed by atoms with Crippen molar-refractivity contribution in [2.45, 2.75) is 12.6 Å². The van der Waals surface area contributed by atoms with Crippen molar-refractivity contribution >= 4 is 0 Å². The van der Waals surface area contributed by atoms with Crippen molar-refractivity contribution in [3.63, 3.8) is 0 Å². The molecule has 0 aliphatic rings. The van der Waals surface area contributed by atoms with Gasteiger partial charge in [0.15, 0.2) is 0 Å². The number of alkyl halides is 3. The summed E-state index contributed by atoms with van der Waals surface area (Å²) in [5.74, 6) is -1.13. The first-order chi connectivity index (χ1) is 7.40. The van der Waals surface area contributed by atoms with Crippen LogP contribution in [0, 0.1) is 28.5 Å². The number of rotatable bonds is 1. The molecule has 0 saturated heterocycles. The first-order valence-corrected chi connectivity index (χ1v) is 4.06. The summed E-state index contributed by atoms with van der Waals surface area (Å²) in [6.07, 6.45) is -5.16. The Hall–Kier alpha value is -2.08. The number of nitrogens with zero attached hydrogens (tertiary/aromatic N) is 2. The van der Waals surface area contributed by atoms with Gasteiger partial charge in [-0.15, -0.1) is 0 Å². The molecule has 0 radical (unpaired) electrons. The Bertz CT molecular complexity index is 491. The normalized spacial score (nSPS) is 10.6. The van der Waals surface area contributed by atoms with Crippen LogP contribution in [0.25, 0.3) is 0 Å². The number of nitriles is 2. The molecule has 0 spiro atoms. The molecule has 0 bridgehead atoms. The smallest absolute Gasteiger partial charge is 0.207 e.